The molecule has 0 fully saturated rings. The lowest BCUT2D eigenvalue weighted by atomic mass is 9.96. The molecule has 0 amide bonds. The number of esters is 1. The number of methoxy groups -OCH3 is 1. The van der Waals surface area contributed by atoms with Gasteiger partial charge in [-0.3, -0.25) is 0 Å². The smallest absolute Gasteiger partial charge is 0.465 e. The van der Waals surface area contributed by atoms with Crippen LogP contribution >= 0.6 is 0 Å². The van der Waals surface area contributed by atoms with E-state index < -0.39 is 12.1 Å². The molecule has 24 heavy (non-hydrogen) atoms. The van der Waals surface area contributed by atoms with Gasteiger partial charge in [-0.05, 0) is 23.1 Å². The van der Waals surface area contributed by atoms with Crippen LogP contribution in [0.1, 0.15) is 10.4 Å². The lowest BCUT2D eigenvalue weighted by molar-refractivity contribution is 0.0601. The van der Waals surface area contributed by atoms with E-state index in [1.165, 1.54) is 7.11 Å². The molecule has 120 valence electrons. The molecule has 0 spiro atoms. The molecule has 0 aliphatic carbocycles. The summed E-state index contributed by atoms with van der Waals surface area (Å²) in [5.74, 6) is -0.308. The molecule has 1 N–H and O–H groups in total. The number of carbonyl (C=O) groups excluding carboxylic acids is 1. The van der Waals surface area contributed by atoms with Crippen LogP contribution in [0.5, 0.6) is 5.75 Å². The zero-order valence-electron chi connectivity index (χ0n) is 12.9. The molecule has 3 aromatic carbocycles. The largest absolute Gasteiger partial charge is 0.511 e. The van der Waals surface area contributed by atoms with Crippen molar-refractivity contribution in [2.45, 2.75) is 0 Å². The lowest BCUT2D eigenvalue weighted by Crippen LogP contribution is -2.07. The molecule has 0 saturated carbocycles. The number of rotatable bonds is 3. The minimum Gasteiger partial charge on any atom is -0.465 e. The van der Waals surface area contributed by atoms with Crippen LogP contribution in [-0.4, -0.2) is 24.3 Å². The monoisotopic (exact) mass is 322 g/mol. The Morgan fingerprint density at radius 2 is 1.58 bits per heavy atom. The second-order valence-corrected chi connectivity index (χ2v) is 5.07. The molecule has 0 radical (unpaired) electrons. The van der Waals surface area contributed by atoms with Gasteiger partial charge in [0.25, 0.3) is 0 Å². The van der Waals surface area contributed by atoms with Gasteiger partial charge in [0.1, 0.15) is 5.75 Å². The Labute approximate surface area is 138 Å². The molecular formula is C19H14O5. The van der Waals surface area contributed by atoms with E-state index in [1.807, 2.05) is 18.2 Å². The first-order valence-corrected chi connectivity index (χ1v) is 7.22. The summed E-state index contributed by atoms with van der Waals surface area (Å²) in [5.41, 5.74) is 1.40. The molecule has 0 unspecified atom stereocenters. The summed E-state index contributed by atoms with van der Waals surface area (Å²) in [4.78, 5) is 23.2. The molecule has 5 heteroatoms. The summed E-state index contributed by atoms with van der Waals surface area (Å²) in [7, 11) is 1.30. The summed E-state index contributed by atoms with van der Waals surface area (Å²) < 4.78 is 9.86. The predicted molar refractivity (Wildman–Crippen MR) is 89.4 cm³/mol. The average molecular weight is 322 g/mol. The summed E-state index contributed by atoms with van der Waals surface area (Å²) in [5, 5.41) is 10.6. The van der Waals surface area contributed by atoms with Crippen molar-refractivity contribution in [3.05, 3.63) is 66.2 Å². The Balaban J connectivity index is 2.31. The molecule has 5 nitrogen and oxygen atoms in total. The number of hydrogen-bond acceptors (Lipinski definition) is 4. The van der Waals surface area contributed by atoms with Crippen molar-refractivity contribution in [3.63, 3.8) is 0 Å². The first-order chi connectivity index (χ1) is 11.6. The zero-order chi connectivity index (χ0) is 17.1. The number of carboxylic acid groups (broad SMARTS) is 1. The SMILES string of the molecule is COC(=O)c1ccccc1-c1ccc2ccccc2c1OC(=O)O. The standard InChI is InChI=1S/C19H14O5/c1-23-18(20)16-9-5-4-8-14(16)15-11-10-12-6-2-3-7-13(12)17(15)24-19(21)22/h2-11H,1H3,(H,21,22). The van der Waals surface area contributed by atoms with Crippen molar-refractivity contribution in [1.82, 2.24) is 0 Å². The number of fused-ring (bicyclic) bond motifs is 1. The normalized spacial score (nSPS) is 10.4. The van der Waals surface area contributed by atoms with E-state index in [-0.39, 0.29) is 5.75 Å². The number of benzene rings is 3. The topological polar surface area (TPSA) is 72.8 Å². The highest BCUT2D eigenvalue weighted by molar-refractivity contribution is 6.02. The van der Waals surface area contributed by atoms with Gasteiger partial charge in [-0.25, -0.2) is 9.59 Å². The third kappa shape index (κ3) is 2.79. The van der Waals surface area contributed by atoms with Crippen molar-refractivity contribution in [2.75, 3.05) is 7.11 Å². The first kappa shape index (κ1) is 15.6. The quantitative estimate of drug-likeness (QED) is 0.573. The molecular weight excluding hydrogens is 308 g/mol. The van der Waals surface area contributed by atoms with Gasteiger partial charge in [0.05, 0.1) is 12.7 Å². The minimum atomic E-state index is -1.41. The first-order valence-electron chi connectivity index (χ1n) is 7.22. The molecule has 0 aliphatic heterocycles. The fourth-order valence-corrected chi connectivity index (χ4v) is 2.66. The fourth-order valence-electron chi connectivity index (χ4n) is 2.66. The van der Waals surface area contributed by atoms with Crippen molar-refractivity contribution >= 4 is 22.9 Å². The van der Waals surface area contributed by atoms with Gasteiger partial charge >= 0.3 is 12.1 Å². The molecule has 0 atom stereocenters. The Hall–Kier alpha value is -3.34. The third-order valence-corrected chi connectivity index (χ3v) is 3.69. The van der Waals surface area contributed by atoms with E-state index in [0.717, 1.165) is 5.39 Å². The molecule has 0 aromatic heterocycles. The van der Waals surface area contributed by atoms with Crippen molar-refractivity contribution in [3.8, 4) is 16.9 Å². The maximum atomic E-state index is 12.0. The van der Waals surface area contributed by atoms with E-state index in [4.69, 9.17) is 14.6 Å². The highest BCUT2D eigenvalue weighted by Crippen LogP contribution is 2.38. The second-order valence-electron chi connectivity index (χ2n) is 5.07. The minimum absolute atomic E-state index is 0.192. The Morgan fingerprint density at radius 1 is 0.875 bits per heavy atom. The number of carbonyl (C=O) groups is 2. The molecule has 0 heterocycles. The van der Waals surface area contributed by atoms with Crippen LogP contribution in [0.25, 0.3) is 21.9 Å². The molecule has 0 bridgehead atoms. The highest BCUT2D eigenvalue weighted by Gasteiger charge is 2.19. The highest BCUT2D eigenvalue weighted by atomic mass is 16.7. The van der Waals surface area contributed by atoms with Crippen LogP contribution in [0.15, 0.2) is 60.7 Å². The summed E-state index contributed by atoms with van der Waals surface area (Å²) >= 11 is 0. The zero-order valence-corrected chi connectivity index (χ0v) is 12.9. The maximum absolute atomic E-state index is 12.0. The van der Waals surface area contributed by atoms with Crippen molar-refractivity contribution in [2.24, 2.45) is 0 Å². The van der Waals surface area contributed by atoms with Gasteiger partial charge in [-0.2, -0.15) is 0 Å². The molecule has 3 rings (SSSR count). The predicted octanol–water partition coefficient (Wildman–Crippen LogP) is 4.35. The number of ether oxygens (including phenoxy) is 2. The van der Waals surface area contributed by atoms with E-state index in [2.05, 4.69) is 0 Å². The summed E-state index contributed by atoms with van der Waals surface area (Å²) in [6.07, 6.45) is -1.41. The van der Waals surface area contributed by atoms with E-state index in [1.54, 1.807) is 42.5 Å². The van der Waals surface area contributed by atoms with Gasteiger partial charge in [-0.15, -0.1) is 0 Å². The fraction of sp³-hybridized carbons (Fsp3) is 0.0526. The van der Waals surface area contributed by atoms with Crippen LogP contribution in [0.3, 0.4) is 0 Å². The van der Waals surface area contributed by atoms with E-state index >= 15 is 0 Å². The van der Waals surface area contributed by atoms with E-state index in [0.29, 0.717) is 22.1 Å². The lowest BCUT2D eigenvalue weighted by Gasteiger charge is -2.14. The summed E-state index contributed by atoms with van der Waals surface area (Å²) in [6, 6.07) is 17.7. The van der Waals surface area contributed by atoms with Gasteiger partial charge in [-0.1, -0.05) is 48.5 Å². The van der Waals surface area contributed by atoms with Crippen LogP contribution in [-0.2, 0) is 4.74 Å². The van der Waals surface area contributed by atoms with Gasteiger partial charge in [0, 0.05) is 10.9 Å². The van der Waals surface area contributed by atoms with Gasteiger partial charge < -0.3 is 14.6 Å². The number of hydrogen-bond donors (Lipinski definition) is 1. The molecule has 0 saturated heterocycles. The van der Waals surface area contributed by atoms with Crippen molar-refractivity contribution < 1.29 is 24.2 Å². The van der Waals surface area contributed by atoms with E-state index in [9.17, 15) is 9.59 Å². The van der Waals surface area contributed by atoms with Crippen LogP contribution in [0, 0.1) is 0 Å². The third-order valence-electron chi connectivity index (χ3n) is 3.69. The van der Waals surface area contributed by atoms with Crippen molar-refractivity contribution in [1.29, 1.82) is 0 Å². The van der Waals surface area contributed by atoms with Gasteiger partial charge in [0.15, 0.2) is 0 Å². The van der Waals surface area contributed by atoms with Crippen LogP contribution in [0.2, 0.25) is 0 Å². The van der Waals surface area contributed by atoms with Gasteiger partial charge in [0.2, 0.25) is 0 Å². The molecule has 3 aromatic rings. The van der Waals surface area contributed by atoms with Crippen LogP contribution < -0.4 is 4.74 Å². The van der Waals surface area contributed by atoms with Crippen LogP contribution in [0.4, 0.5) is 4.79 Å². The average Bonchev–Trinajstić information content (AvgIpc) is 2.61. The molecule has 0 aliphatic rings. The maximum Gasteiger partial charge on any atom is 0.511 e. The Bertz CT molecular complexity index is 930. The Morgan fingerprint density at radius 3 is 2.33 bits per heavy atom. The Kier molecular flexibility index (Phi) is 4.16. The second kappa shape index (κ2) is 6.42. The summed E-state index contributed by atoms with van der Waals surface area (Å²) in [6.45, 7) is 0.